The summed E-state index contributed by atoms with van der Waals surface area (Å²) in [5, 5.41) is 14.2. The lowest BCUT2D eigenvalue weighted by molar-refractivity contribution is 0.0695. The molecule has 0 aliphatic rings. The molecule has 0 fully saturated rings. The number of aromatic nitrogens is 2. The van der Waals surface area contributed by atoms with Gasteiger partial charge in [-0.3, -0.25) is 4.98 Å². The third-order valence-electron chi connectivity index (χ3n) is 3.17. The quantitative estimate of drug-likeness (QED) is 0.789. The molecule has 0 bridgehead atoms. The summed E-state index contributed by atoms with van der Waals surface area (Å²) in [6, 6.07) is 9.28. The first-order valence-corrected chi connectivity index (χ1v) is 6.27. The summed E-state index contributed by atoms with van der Waals surface area (Å²) in [7, 11) is 0. The monoisotopic (exact) mass is 268 g/mol. The van der Waals surface area contributed by atoms with Crippen LogP contribution in [0.25, 0.3) is 22.2 Å². The van der Waals surface area contributed by atoms with Gasteiger partial charge in [-0.1, -0.05) is 24.2 Å². The highest BCUT2D eigenvalue weighted by atomic mass is 16.5. The van der Waals surface area contributed by atoms with Gasteiger partial charge < -0.3 is 9.63 Å². The number of pyridine rings is 1. The van der Waals surface area contributed by atoms with Crippen molar-refractivity contribution in [3.8, 4) is 11.3 Å². The largest absolute Gasteiger partial charge is 0.477 e. The smallest absolute Gasteiger partial charge is 0.341 e. The molecule has 1 aromatic carbocycles. The second kappa shape index (κ2) is 4.77. The van der Waals surface area contributed by atoms with Crippen molar-refractivity contribution in [1.29, 1.82) is 0 Å². The number of hydrogen-bond donors (Lipinski definition) is 1. The molecule has 0 unspecified atom stereocenters. The van der Waals surface area contributed by atoms with Gasteiger partial charge in [0.1, 0.15) is 11.3 Å². The minimum absolute atomic E-state index is 0.135. The number of carbonyl (C=O) groups is 1. The van der Waals surface area contributed by atoms with E-state index >= 15 is 0 Å². The molecule has 0 aliphatic heterocycles. The van der Waals surface area contributed by atoms with Gasteiger partial charge in [-0.15, -0.1) is 0 Å². The van der Waals surface area contributed by atoms with Crippen LogP contribution in [0.3, 0.4) is 0 Å². The Balaban J connectivity index is 2.20. The van der Waals surface area contributed by atoms with Crippen molar-refractivity contribution in [2.75, 3.05) is 0 Å². The Hall–Kier alpha value is -2.69. The van der Waals surface area contributed by atoms with E-state index in [0.717, 1.165) is 10.9 Å². The third-order valence-corrected chi connectivity index (χ3v) is 3.17. The number of aromatic carboxylic acids is 1. The number of nitrogens with zero attached hydrogens (tertiary/aromatic N) is 2. The molecule has 2 heterocycles. The molecule has 5 nitrogen and oxygen atoms in total. The van der Waals surface area contributed by atoms with Gasteiger partial charge in [0, 0.05) is 23.6 Å². The maximum absolute atomic E-state index is 11.4. The number of hydrogen-bond acceptors (Lipinski definition) is 4. The first kappa shape index (κ1) is 12.3. The average Bonchev–Trinajstić information content (AvgIpc) is 2.91. The summed E-state index contributed by atoms with van der Waals surface area (Å²) in [5.41, 5.74) is 2.06. The fourth-order valence-corrected chi connectivity index (χ4v) is 2.21. The summed E-state index contributed by atoms with van der Waals surface area (Å²) >= 11 is 0. The van der Waals surface area contributed by atoms with E-state index in [4.69, 9.17) is 4.52 Å². The van der Waals surface area contributed by atoms with E-state index in [2.05, 4.69) is 10.1 Å². The molecule has 5 heteroatoms. The Morgan fingerprint density at radius 2 is 2.20 bits per heavy atom. The fraction of sp³-hybridized carbons (Fsp3) is 0.133. The molecule has 3 aromatic rings. The first-order chi connectivity index (χ1) is 9.70. The van der Waals surface area contributed by atoms with E-state index in [-0.39, 0.29) is 5.56 Å². The maximum atomic E-state index is 11.4. The van der Waals surface area contributed by atoms with Gasteiger partial charge in [0.25, 0.3) is 0 Å². The molecule has 0 aliphatic carbocycles. The van der Waals surface area contributed by atoms with Crippen molar-refractivity contribution in [2.45, 2.75) is 13.3 Å². The number of carboxylic acids is 1. The third kappa shape index (κ3) is 1.93. The van der Waals surface area contributed by atoms with E-state index < -0.39 is 5.97 Å². The lowest BCUT2D eigenvalue weighted by atomic mass is 10.0. The summed E-state index contributed by atoms with van der Waals surface area (Å²) in [6.07, 6.45) is 2.21. The maximum Gasteiger partial charge on any atom is 0.341 e. The van der Waals surface area contributed by atoms with Crippen LogP contribution in [-0.2, 0) is 6.42 Å². The van der Waals surface area contributed by atoms with Crippen LogP contribution in [0.2, 0.25) is 0 Å². The van der Waals surface area contributed by atoms with Gasteiger partial charge in [0.2, 0.25) is 0 Å². The number of aryl methyl sites for hydroxylation is 1. The molecule has 0 amide bonds. The predicted octanol–water partition coefficient (Wildman–Crippen LogP) is 3.15. The Labute approximate surface area is 114 Å². The number of rotatable bonds is 3. The van der Waals surface area contributed by atoms with E-state index in [1.54, 1.807) is 12.3 Å². The van der Waals surface area contributed by atoms with Crippen LogP contribution < -0.4 is 0 Å². The molecule has 0 saturated heterocycles. The number of benzene rings is 1. The standard InChI is InChI=1S/C15H12N2O3/c1-2-12-13(15(18)19)14(17-20-12)10-5-6-11-9(8-10)4-3-7-16-11/h3-8H,2H2,1H3,(H,18,19). The van der Waals surface area contributed by atoms with E-state index in [9.17, 15) is 9.90 Å². The molecule has 0 radical (unpaired) electrons. The SMILES string of the molecule is CCc1onc(-c2ccc3ncccc3c2)c1C(=O)O. The highest BCUT2D eigenvalue weighted by molar-refractivity contribution is 5.97. The molecule has 100 valence electrons. The molecule has 1 N–H and O–H groups in total. The van der Waals surface area contributed by atoms with E-state index in [0.29, 0.717) is 23.4 Å². The van der Waals surface area contributed by atoms with Gasteiger partial charge >= 0.3 is 5.97 Å². The van der Waals surface area contributed by atoms with Gasteiger partial charge in [0.05, 0.1) is 5.52 Å². The fourth-order valence-electron chi connectivity index (χ4n) is 2.21. The molecule has 20 heavy (non-hydrogen) atoms. The second-order valence-electron chi connectivity index (χ2n) is 4.40. The van der Waals surface area contributed by atoms with Crippen LogP contribution in [0.1, 0.15) is 23.0 Å². The lowest BCUT2D eigenvalue weighted by Crippen LogP contribution is -2.00. The zero-order valence-electron chi connectivity index (χ0n) is 10.8. The number of fused-ring (bicyclic) bond motifs is 1. The number of carboxylic acid groups (broad SMARTS) is 1. The van der Waals surface area contributed by atoms with Crippen LogP contribution in [0.15, 0.2) is 41.1 Å². The van der Waals surface area contributed by atoms with Gasteiger partial charge in [-0.25, -0.2) is 4.79 Å². The van der Waals surface area contributed by atoms with Gasteiger partial charge in [-0.2, -0.15) is 0 Å². The van der Waals surface area contributed by atoms with E-state index in [1.807, 2.05) is 31.2 Å². The van der Waals surface area contributed by atoms with Crippen molar-refractivity contribution in [1.82, 2.24) is 10.1 Å². The zero-order chi connectivity index (χ0) is 14.1. The molecule has 2 aromatic heterocycles. The van der Waals surface area contributed by atoms with Crippen molar-refractivity contribution in [3.05, 3.63) is 47.9 Å². The van der Waals surface area contributed by atoms with Gasteiger partial charge in [0.15, 0.2) is 5.76 Å². The first-order valence-electron chi connectivity index (χ1n) is 6.27. The molecule has 3 rings (SSSR count). The van der Waals surface area contributed by atoms with Crippen molar-refractivity contribution in [2.24, 2.45) is 0 Å². The topological polar surface area (TPSA) is 76.2 Å². The Morgan fingerprint density at radius 3 is 2.95 bits per heavy atom. The van der Waals surface area contributed by atoms with E-state index in [1.165, 1.54) is 0 Å². The minimum atomic E-state index is -1.02. The van der Waals surface area contributed by atoms with Crippen LogP contribution in [0, 0.1) is 0 Å². The minimum Gasteiger partial charge on any atom is -0.477 e. The summed E-state index contributed by atoms with van der Waals surface area (Å²) in [6.45, 7) is 1.83. The highest BCUT2D eigenvalue weighted by Gasteiger charge is 2.22. The Morgan fingerprint density at radius 1 is 1.35 bits per heavy atom. The van der Waals surface area contributed by atoms with Crippen LogP contribution in [0.5, 0.6) is 0 Å². The summed E-state index contributed by atoms with van der Waals surface area (Å²) < 4.78 is 5.13. The molecule has 0 saturated carbocycles. The van der Waals surface area contributed by atoms with Crippen molar-refractivity contribution >= 4 is 16.9 Å². The van der Waals surface area contributed by atoms with Crippen LogP contribution in [0.4, 0.5) is 0 Å². The summed E-state index contributed by atoms with van der Waals surface area (Å²) in [5.74, 6) is -0.636. The normalized spacial score (nSPS) is 10.8. The lowest BCUT2D eigenvalue weighted by Gasteiger charge is -2.01. The molecule has 0 atom stereocenters. The van der Waals surface area contributed by atoms with Crippen LogP contribution in [-0.4, -0.2) is 21.2 Å². The van der Waals surface area contributed by atoms with Gasteiger partial charge in [-0.05, 0) is 18.2 Å². The average molecular weight is 268 g/mol. The van der Waals surface area contributed by atoms with Crippen molar-refractivity contribution < 1.29 is 14.4 Å². The molecular weight excluding hydrogens is 256 g/mol. The Bertz CT molecular complexity index is 793. The Kier molecular flexibility index (Phi) is 2.95. The van der Waals surface area contributed by atoms with Crippen LogP contribution >= 0.6 is 0 Å². The molecule has 0 spiro atoms. The predicted molar refractivity (Wildman–Crippen MR) is 73.6 cm³/mol. The second-order valence-corrected chi connectivity index (χ2v) is 4.40. The summed E-state index contributed by atoms with van der Waals surface area (Å²) in [4.78, 5) is 15.6. The highest BCUT2D eigenvalue weighted by Crippen LogP contribution is 2.28. The molecular formula is C15H12N2O3. The van der Waals surface area contributed by atoms with Crippen molar-refractivity contribution in [3.63, 3.8) is 0 Å². The zero-order valence-corrected chi connectivity index (χ0v) is 10.8.